The first kappa shape index (κ1) is 18.3. The van der Waals surface area contributed by atoms with Gasteiger partial charge in [0.1, 0.15) is 5.76 Å². The number of hydrogen-bond acceptors (Lipinski definition) is 5. The molecule has 1 aromatic carbocycles. The van der Waals surface area contributed by atoms with Crippen molar-refractivity contribution in [1.29, 1.82) is 0 Å². The standard InChI is InChI=1S/C20H21F2N3OS/c1-14-18(23-20(26-14)16-5-2-6-17(21)19(16)22)13-25-9-7-24(8-10-25)12-15-4-3-11-27-15/h2-6,11H,7-10,12-13H2,1H3. The third-order valence-electron chi connectivity index (χ3n) is 4.87. The predicted molar refractivity (Wildman–Crippen MR) is 101 cm³/mol. The number of aromatic nitrogens is 1. The molecule has 2 aromatic heterocycles. The smallest absolute Gasteiger partial charge is 0.229 e. The average Bonchev–Trinajstić information content (AvgIpc) is 3.29. The summed E-state index contributed by atoms with van der Waals surface area (Å²) >= 11 is 1.79. The first-order chi connectivity index (χ1) is 13.1. The fourth-order valence-corrected chi connectivity index (χ4v) is 4.05. The van der Waals surface area contributed by atoms with Crippen molar-refractivity contribution >= 4 is 11.3 Å². The van der Waals surface area contributed by atoms with Gasteiger partial charge in [-0.1, -0.05) is 12.1 Å². The van der Waals surface area contributed by atoms with Gasteiger partial charge in [0.15, 0.2) is 11.6 Å². The molecule has 1 fully saturated rings. The maximum atomic E-state index is 14.0. The van der Waals surface area contributed by atoms with Crippen LogP contribution in [0.1, 0.15) is 16.3 Å². The molecular formula is C20H21F2N3OS. The molecule has 0 saturated carbocycles. The normalized spacial score (nSPS) is 16.1. The third kappa shape index (κ3) is 4.10. The fraction of sp³-hybridized carbons (Fsp3) is 0.350. The third-order valence-corrected chi connectivity index (χ3v) is 5.73. The molecule has 3 heterocycles. The molecule has 0 spiro atoms. The van der Waals surface area contributed by atoms with Crippen molar-refractivity contribution in [3.8, 4) is 11.5 Å². The quantitative estimate of drug-likeness (QED) is 0.651. The van der Waals surface area contributed by atoms with Crippen LogP contribution in [0.25, 0.3) is 11.5 Å². The number of halogens is 2. The number of rotatable bonds is 5. The maximum Gasteiger partial charge on any atom is 0.229 e. The number of thiophene rings is 1. The molecule has 0 N–H and O–H groups in total. The first-order valence-electron chi connectivity index (χ1n) is 8.98. The summed E-state index contributed by atoms with van der Waals surface area (Å²) < 4.78 is 33.1. The van der Waals surface area contributed by atoms with E-state index in [1.807, 2.05) is 6.92 Å². The maximum absolute atomic E-state index is 14.0. The highest BCUT2D eigenvalue weighted by Gasteiger charge is 2.21. The molecule has 0 aliphatic carbocycles. The van der Waals surface area contributed by atoms with Crippen molar-refractivity contribution in [2.45, 2.75) is 20.0 Å². The van der Waals surface area contributed by atoms with Gasteiger partial charge in [-0.3, -0.25) is 9.80 Å². The summed E-state index contributed by atoms with van der Waals surface area (Å²) in [5.74, 6) is -1.04. The van der Waals surface area contributed by atoms with Crippen molar-refractivity contribution in [3.63, 3.8) is 0 Å². The second-order valence-corrected chi connectivity index (χ2v) is 7.79. The zero-order valence-electron chi connectivity index (χ0n) is 15.1. The van der Waals surface area contributed by atoms with Crippen LogP contribution in [0.15, 0.2) is 40.1 Å². The van der Waals surface area contributed by atoms with Crippen molar-refractivity contribution in [3.05, 3.63) is 63.7 Å². The minimum Gasteiger partial charge on any atom is -0.441 e. The Bertz CT molecular complexity index is 902. The van der Waals surface area contributed by atoms with Gasteiger partial charge in [0, 0.05) is 44.1 Å². The Morgan fingerprint density at radius 1 is 1.04 bits per heavy atom. The van der Waals surface area contributed by atoms with Gasteiger partial charge in [0.25, 0.3) is 0 Å². The molecule has 0 bridgehead atoms. The zero-order chi connectivity index (χ0) is 18.8. The van der Waals surface area contributed by atoms with Crippen LogP contribution in [-0.4, -0.2) is 41.0 Å². The molecule has 0 radical (unpaired) electrons. The summed E-state index contributed by atoms with van der Waals surface area (Å²) in [4.78, 5) is 10.6. The largest absolute Gasteiger partial charge is 0.441 e. The molecule has 142 valence electrons. The van der Waals surface area contributed by atoms with E-state index in [0.29, 0.717) is 12.3 Å². The molecule has 0 unspecified atom stereocenters. The molecule has 27 heavy (non-hydrogen) atoms. The SMILES string of the molecule is Cc1oc(-c2cccc(F)c2F)nc1CN1CCN(Cc2cccs2)CC1. The van der Waals surface area contributed by atoms with E-state index in [1.54, 1.807) is 11.3 Å². The van der Waals surface area contributed by atoms with Gasteiger partial charge >= 0.3 is 0 Å². The van der Waals surface area contributed by atoms with Crippen LogP contribution in [0.4, 0.5) is 8.78 Å². The molecule has 1 aliphatic rings. The Labute approximate surface area is 161 Å². The summed E-state index contributed by atoms with van der Waals surface area (Å²) in [5, 5.41) is 2.11. The van der Waals surface area contributed by atoms with Crippen LogP contribution in [-0.2, 0) is 13.1 Å². The van der Waals surface area contributed by atoms with E-state index in [9.17, 15) is 8.78 Å². The van der Waals surface area contributed by atoms with Crippen LogP contribution < -0.4 is 0 Å². The molecule has 1 saturated heterocycles. The minimum atomic E-state index is -0.924. The van der Waals surface area contributed by atoms with Crippen LogP contribution in [0.2, 0.25) is 0 Å². The lowest BCUT2D eigenvalue weighted by Crippen LogP contribution is -2.45. The van der Waals surface area contributed by atoms with Crippen LogP contribution in [0.3, 0.4) is 0 Å². The summed E-state index contributed by atoms with van der Waals surface area (Å²) in [7, 11) is 0. The second-order valence-electron chi connectivity index (χ2n) is 6.75. The Hall–Kier alpha value is -2.09. The van der Waals surface area contributed by atoms with Crippen LogP contribution in [0, 0.1) is 18.6 Å². The summed E-state index contributed by atoms with van der Waals surface area (Å²) in [6.07, 6.45) is 0. The van der Waals surface area contributed by atoms with E-state index in [1.165, 1.54) is 17.0 Å². The Morgan fingerprint density at radius 2 is 1.78 bits per heavy atom. The zero-order valence-corrected chi connectivity index (χ0v) is 15.9. The summed E-state index contributed by atoms with van der Waals surface area (Å²) in [6.45, 7) is 7.36. The minimum absolute atomic E-state index is 0.0603. The monoisotopic (exact) mass is 389 g/mol. The predicted octanol–water partition coefficient (Wildman–Crippen LogP) is 4.31. The Morgan fingerprint density at radius 3 is 2.48 bits per heavy atom. The van der Waals surface area contributed by atoms with E-state index >= 15 is 0 Å². The lowest BCUT2D eigenvalue weighted by molar-refractivity contribution is 0.121. The van der Waals surface area contributed by atoms with Gasteiger partial charge in [0.05, 0.1) is 11.3 Å². The van der Waals surface area contributed by atoms with Gasteiger partial charge in [-0.15, -0.1) is 11.3 Å². The van der Waals surface area contributed by atoms with Crippen molar-refractivity contribution in [2.24, 2.45) is 0 Å². The average molecular weight is 389 g/mol. The molecule has 7 heteroatoms. The molecule has 3 aromatic rings. The van der Waals surface area contributed by atoms with Gasteiger partial charge in [-0.2, -0.15) is 0 Å². The highest BCUT2D eigenvalue weighted by molar-refractivity contribution is 7.09. The number of piperazine rings is 1. The highest BCUT2D eigenvalue weighted by Crippen LogP contribution is 2.26. The van der Waals surface area contributed by atoms with E-state index in [-0.39, 0.29) is 11.5 Å². The lowest BCUT2D eigenvalue weighted by atomic mass is 10.2. The Balaban J connectivity index is 1.39. The molecule has 4 rings (SSSR count). The lowest BCUT2D eigenvalue weighted by Gasteiger charge is -2.34. The van der Waals surface area contributed by atoms with E-state index in [0.717, 1.165) is 44.5 Å². The number of aryl methyl sites for hydroxylation is 1. The van der Waals surface area contributed by atoms with Crippen molar-refractivity contribution in [1.82, 2.24) is 14.8 Å². The van der Waals surface area contributed by atoms with Gasteiger partial charge in [-0.25, -0.2) is 13.8 Å². The number of nitrogens with zero attached hydrogens (tertiary/aromatic N) is 3. The van der Waals surface area contributed by atoms with E-state index in [2.05, 4.69) is 32.3 Å². The molecule has 4 nitrogen and oxygen atoms in total. The number of oxazole rings is 1. The fourth-order valence-electron chi connectivity index (χ4n) is 3.30. The van der Waals surface area contributed by atoms with Crippen molar-refractivity contribution in [2.75, 3.05) is 26.2 Å². The molecule has 1 aliphatic heterocycles. The van der Waals surface area contributed by atoms with Crippen LogP contribution >= 0.6 is 11.3 Å². The molecular weight excluding hydrogens is 368 g/mol. The first-order valence-corrected chi connectivity index (χ1v) is 9.86. The number of benzene rings is 1. The van der Waals surface area contributed by atoms with Gasteiger partial charge in [-0.05, 0) is 30.5 Å². The second kappa shape index (κ2) is 7.88. The van der Waals surface area contributed by atoms with E-state index in [4.69, 9.17) is 4.42 Å². The van der Waals surface area contributed by atoms with E-state index < -0.39 is 11.6 Å². The number of hydrogen-bond donors (Lipinski definition) is 0. The summed E-state index contributed by atoms with van der Waals surface area (Å²) in [6, 6.07) is 8.29. The molecule has 0 amide bonds. The van der Waals surface area contributed by atoms with Crippen LogP contribution in [0.5, 0.6) is 0 Å². The summed E-state index contributed by atoms with van der Waals surface area (Å²) in [5.41, 5.74) is 0.838. The topological polar surface area (TPSA) is 32.5 Å². The Kier molecular flexibility index (Phi) is 5.33. The van der Waals surface area contributed by atoms with Gasteiger partial charge in [0.2, 0.25) is 5.89 Å². The van der Waals surface area contributed by atoms with Crippen molar-refractivity contribution < 1.29 is 13.2 Å². The highest BCUT2D eigenvalue weighted by atomic mass is 32.1. The molecule has 0 atom stereocenters. The van der Waals surface area contributed by atoms with Gasteiger partial charge < -0.3 is 4.42 Å².